The second-order valence-electron chi connectivity index (χ2n) is 5.30. The Morgan fingerprint density at radius 3 is 2.84 bits per heavy atom. The second kappa shape index (κ2) is 5.05. The Labute approximate surface area is 120 Å². The quantitative estimate of drug-likeness (QED) is 0.666. The number of nitrogens with zero attached hydrogens (tertiary/aromatic N) is 3. The fourth-order valence-corrected chi connectivity index (χ4v) is 2.82. The molecule has 1 N–H and O–H groups in total. The molecule has 1 aromatic heterocycles. The van der Waals surface area contributed by atoms with Crippen LogP contribution in [-0.2, 0) is 0 Å². The van der Waals surface area contributed by atoms with Crippen molar-refractivity contribution in [2.75, 3.05) is 24.5 Å². The Bertz CT molecular complexity index is 519. The van der Waals surface area contributed by atoms with E-state index in [2.05, 4.69) is 45.0 Å². The molecule has 1 saturated heterocycles. The summed E-state index contributed by atoms with van der Waals surface area (Å²) in [5.74, 6) is 0.773. The maximum Gasteiger partial charge on any atom is 0.291 e. The maximum atomic E-state index is 10.9. The van der Waals surface area contributed by atoms with Gasteiger partial charge in [0.2, 0.25) is 0 Å². The fraction of sp³-hybridized carbons (Fsp3) is 0.583. The van der Waals surface area contributed by atoms with Crippen LogP contribution in [0.25, 0.3) is 0 Å². The fourth-order valence-electron chi connectivity index (χ4n) is 2.30. The first-order valence-electron chi connectivity index (χ1n) is 6.12. The molecule has 1 aliphatic heterocycles. The van der Waals surface area contributed by atoms with Gasteiger partial charge in [-0.1, -0.05) is 0 Å². The van der Waals surface area contributed by atoms with Crippen molar-refractivity contribution in [2.24, 2.45) is 0 Å². The Hall–Kier alpha value is -1.21. The van der Waals surface area contributed by atoms with E-state index >= 15 is 0 Å². The standard InChI is InChI=1S/C12H17BrN4O2/c1-8-9(17(18)19)6-15-11(10(8)13)16-5-4-14-7-12(16,2)3/h6,14H,4-5,7H2,1-3H3. The summed E-state index contributed by atoms with van der Waals surface area (Å²) in [7, 11) is 0. The van der Waals surface area contributed by atoms with Gasteiger partial charge in [0.15, 0.2) is 0 Å². The molecule has 0 spiro atoms. The number of anilines is 1. The Kier molecular flexibility index (Phi) is 3.78. The summed E-state index contributed by atoms with van der Waals surface area (Å²) in [6.45, 7) is 8.57. The number of aromatic nitrogens is 1. The van der Waals surface area contributed by atoms with E-state index in [-0.39, 0.29) is 11.2 Å². The first-order chi connectivity index (χ1) is 8.84. The molecule has 1 fully saturated rings. The molecular formula is C12H17BrN4O2. The zero-order valence-electron chi connectivity index (χ0n) is 11.2. The second-order valence-corrected chi connectivity index (χ2v) is 6.10. The molecule has 0 radical (unpaired) electrons. The first kappa shape index (κ1) is 14.2. The zero-order chi connectivity index (χ0) is 14.2. The van der Waals surface area contributed by atoms with Crippen LogP contribution in [0.4, 0.5) is 11.5 Å². The van der Waals surface area contributed by atoms with Gasteiger partial charge in [-0.15, -0.1) is 0 Å². The van der Waals surface area contributed by atoms with Crippen molar-refractivity contribution in [1.29, 1.82) is 0 Å². The van der Waals surface area contributed by atoms with Crippen LogP contribution in [-0.4, -0.2) is 35.1 Å². The van der Waals surface area contributed by atoms with Crippen LogP contribution in [0.2, 0.25) is 0 Å². The van der Waals surface area contributed by atoms with Gasteiger partial charge >= 0.3 is 0 Å². The summed E-state index contributed by atoms with van der Waals surface area (Å²) in [5, 5.41) is 14.3. The molecule has 104 valence electrons. The third-order valence-corrected chi connectivity index (χ3v) is 4.42. The average molecular weight is 329 g/mol. The van der Waals surface area contributed by atoms with Crippen LogP contribution in [0.1, 0.15) is 19.4 Å². The molecule has 19 heavy (non-hydrogen) atoms. The summed E-state index contributed by atoms with van der Waals surface area (Å²) in [5.41, 5.74) is 0.587. The molecule has 6 nitrogen and oxygen atoms in total. The molecule has 0 atom stereocenters. The van der Waals surface area contributed by atoms with E-state index in [1.165, 1.54) is 6.20 Å². The lowest BCUT2D eigenvalue weighted by atomic mass is 10.00. The number of hydrogen-bond donors (Lipinski definition) is 1. The summed E-state index contributed by atoms with van der Waals surface area (Å²) in [6.07, 6.45) is 1.34. The van der Waals surface area contributed by atoms with E-state index in [4.69, 9.17) is 0 Å². The summed E-state index contributed by atoms with van der Waals surface area (Å²) < 4.78 is 0.705. The predicted molar refractivity (Wildman–Crippen MR) is 77.6 cm³/mol. The predicted octanol–water partition coefficient (Wildman–Crippen LogP) is 2.25. The highest BCUT2D eigenvalue weighted by atomic mass is 79.9. The minimum atomic E-state index is -0.403. The monoisotopic (exact) mass is 328 g/mol. The third-order valence-electron chi connectivity index (χ3n) is 3.47. The molecule has 2 rings (SSSR count). The van der Waals surface area contributed by atoms with Gasteiger partial charge in [-0.05, 0) is 36.7 Å². The minimum Gasteiger partial charge on any atom is -0.348 e. The smallest absolute Gasteiger partial charge is 0.291 e. The van der Waals surface area contributed by atoms with E-state index in [0.29, 0.717) is 10.0 Å². The van der Waals surface area contributed by atoms with Gasteiger partial charge in [-0.3, -0.25) is 10.1 Å². The van der Waals surface area contributed by atoms with Gasteiger partial charge in [-0.25, -0.2) is 4.98 Å². The molecule has 2 heterocycles. The van der Waals surface area contributed by atoms with Gasteiger partial charge in [-0.2, -0.15) is 0 Å². The van der Waals surface area contributed by atoms with E-state index in [1.807, 2.05) is 0 Å². The van der Waals surface area contributed by atoms with Crippen LogP contribution >= 0.6 is 15.9 Å². The molecule has 0 aromatic carbocycles. The molecule has 7 heteroatoms. The van der Waals surface area contributed by atoms with Crippen molar-refractivity contribution in [2.45, 2.75) is 26.3 Å². The van der Waals surface area contributed by atoms with Crippen LogP contribution in [0.3, 0.4) is 0 Å². The lowest BCUT2D eigenvalue weighted by Crippen LogP contribution is -2.58. The van der Waals surface area contributed by atoms with E-state index < -0.39 is 4.92 Å². The van der Waals surface area contributed by atoms with Crippen molar-refractivity contribution in [3.8, 4) is 0 Å². The van der Waals surface area contributed by atoms with Crippen molar-refractivity contribution < 1.29 is 4.92 Å². The molecule has 0 saturated carbocycles. The molecular weight excluding hydrogens is 312 g/mol. The molecule has 1 aromatic rings. The normalized spacial score (nSPS) is 18.4. The largest absolute Gasteiger partial charge is 0.348 e. The van der Waals surface area contributed by atoms with E-state index in [9.17, 15) is 10.1 Å². The van der Waals surface area contributed by atoms with Crippen molar-refractivity contribution in [1.82, 2.24) is 10.3 Å². The van der Waals surface area contributed by atoms with Crippen molar-refractivity contribution >= 4 is 27.4 Å². The minimum absolute atomic E-state index is 0.0450. The number of nitrogens with one attached hydrogen (secondary N) is 1. The first-order valence-corrected chi connectivity index (χ1v) is 6.92. The molecule has 0 unspecified atom stereocenters. The highest BCUT2D eigenvalue weighted by Gasteiger charge is 2.33. The van der Waals surface area contributed by atoms with Gasteiger partial charge < -0.3 is 10.2 Å². The lowest BCUT2D eigenvalue weighted by Gasteiger charge is -2.44. The topological polar surface area (TPSA) is 71.3 Å². The van der Waals surface area contributed by atoms with Crippen molar-refractivity contribution in [3.63, 3.8) is 0 Å². The van der Waals surface area contributed by atoms with Gasteiger partial charge in [0.05, 0.1) is 9.40 Å². The molecule has 0 bridgehead atoms. The summed E-state index contributed by atoms with van der Waals surface area (Å²) in [4.78, 5) is 17.0. The maximum absolute atomic E-state index is 10.9. The Morgan fingerprint density at radius 2 is 2.26 bits per heavy atom. The number of hydrogen-bond acceptors (Lipinski definition) is 5. The van der Waals surface area contributed by atoms with Crippen LogP contribution in [0.15, 0.2) is 10.7 Å². The molecule has 0 aliphatic carbocycles. The van der Waals surface area contributed by atoms with Crippen LogP contribution < -0.4 is 10.2 Å². The van der Waals surface area contributed by atoms with Gasteiger partial charge in [0.25, 0.3) is 5.69 Å². The van der Waals surface area contributed by atoms with E-state index in [1.54, 1.807) is 6.92 Å². The van der Waals surface area contributed by atoms with Crippen molar-refractivity contribution in [3.05, 3.63) is 26.3 Å². The van der Waals surface area contributed by atoms with Gasteiger partial charge in [0, 0.05) is 30.7 Å². The number of pyridine rings is 1. The van der Waals surface area contributed by atoms with E-state index in [0.717, 1.165) is 25.5 Å². The molecule has 1 aliphatic rings. The number of rotatable bonds is 2. The highest BCUT2D eigenvalue weighted by Crippen LogP contribution is 2.35. The molecule has 0 amide bonds. The van der Waals surface area contributed by atoms with Crippen LogP contribution in [0.5, 0.6) is 0 Å². The lowest BCUT2D eigenvalue weighted by molar-refractivity contribution is -0.385. The zero-order valence-corrected chi connectivity index (χ0v) is 12.8. The number of halogens is 1. The third kappa shape index (κ3) is 2.57. The van der Waals surface area contributed by atoms with Crippen LogP contribution in [0, 0.1) is 17.0 Å². The number of nitro groups is 1. The summed E-state index contributed by atoms with van der Waals surface area (Å²) in [6, 6.07) is 0. The summed E-state index contributed by atoms with van der Waals surface area (Å²) >= 11 is 3.46. The Morgan fingerprint density at radius 1 is 1.58 bits per heavy atom. The SMILES string of the molecule is Cc1c([N+](=O)[O-])cnc(N2CCNCC2(C)C)c1Br. The highest BCUT2D eigenvalue weighted by molar-refractivity contribution is 9.10. The Balaban J connectivity index is 2.46. The number of piperazine rings is 1. The van der Waals surface area contributed by atoms with Gasteiger partial charge in [0.1, 0.15) is 12.0 Å². The average Bonchev–Trinajstić information content (AvgIpc) is 2.32.